The molecule has 3 rings (SSSR count). The summed E-state index contributed by atoms with van der Waals surface area (Å²) in [6, 6.07) is 11.3. The van der Waals surface area contributed by atoms with Crippen molar-refractivity contribution in [2.75, 3.05) is 32.7 Å². The molecule has 1 aliphatic heterocycles. The van der Waals surface area contributed by atoms with Crippen molar-refractivity contribution in [3.8, 4) is 0 Å². The molecule has 2 aromatic carbocycles. The molecule has 0 unspecified atom stereocenters. The third-order valence-electron chi connectivity index (χ3n) is 4.71. The van der Waals surface area contributed by atoms with E-state index in [9.17, 15) is 18.4 Å². The first-order valence-electron chi connectivity index (χ1n) is 9.31. The van der Waals surface area contributed by atoms with Crippen molar-refractivity contribution in [1.29, 1.82) is 0 Å². The van der Waals surface area contributed by atoms with Crippen LogP contribution in [0.3, 0.4) is 0 Å². The molecule has 0 aromatic heterocycles. The van der Waals surface area contributed by atoms with Gasteiger partial charge in [0, 0.05) is 51.3 Å². The summed E-state index contributed by atoms with van der Waals surface area (Å²) in [7, 11) is 0. The fourth-order valence-corrected chi connectivity index (χ4v) is 3.17. The number of piperazine rings is 1. The number of halogens is 2. The van der Waals surface area contributed by atoms with Crippen LogP contribution in [0.4, 0.5) is 8.78 Å². The molecule has 0 spiro atoms. The van der Waals surface area contributed by atoms with Crippen LogP contribution in [0.1, 0.15) is 22.3 Å². The molecule has 2 amide bonds. The van der Waals surface area contributed by atoms with Gasteiger partial charge in [0.1, 0.15) is 11.6 Å². The van der Waals surface area contributed by atoms with Gasteiger partial charge in [0.05, 0.1) is 0 Å². The Morgan fingerprint density at radius 2 is 1.71 bits per heavy atom. The van der Waals surface area contributed by atoms with Gasteiger partial charge in [-0.25, -0.2) is 8.78 Å². The molecule has 5 nitrogen and oxygen atoms in total. The Morgan fingerprint density at radius 3 is 2.39 bits per heavy atom. The predicted molar refractivity (Wildman–Crippen MR) is 102 cm³/mol. The number of carbonyl (C=O) groups is 2. The van der Waals surface area contributed by atoms with Crippen molar-refractivity contribution in [2.24, 2.45) is 0 Å². The van der Waals surface area contributed by atoms with E-state index in [4.69, 9.17) is 0 Å². The van der Waals surface area contributed by atoms with Gasteiger partial charge in [0.25, 0.3) is 5.91 Å². The molecule has 148 valence electrons. The largest absolute Gasteiger partial charge is 0.340 e. The summed E-state index contributed by atoms with van der Waals surface area (Å²) in [6.07, 6.45) is 0.183. The summed E-state index contributed by atoms with van der Waals surface area (Å²) in [5.41, 5.74) is 0.956. The summed E-state index contributed by atoms with van der Waals surface area (Å²) < 4.78 is 26.7. The Hall–Kier alpha value is -2.80. The highest BCUT2D eigenvalue weighted by molar-refractivity contribution is 5.94. The molecular weight excluding hydrogens is 364 g/mol. The minimum Gasteiger partial charge on any atom is -0.340 e. The van der Waals surface area contributed by atoms with Gasteiger partial charge in [-0.2, -0.15) is 0 Å². The topological polar surface area (TPSA) is 52.7 Å². The number of nitrogens with one attached hydrogen (secondary N) is 1. The second-order valence-electron chi connectivity index (χ2n) is 6.74. The molecule has 1 heterocycles. The number of benzene rings is 2. The Labute approximate surface area is 162 Å². The molecule has 28 heavy (non-hydrogen) atoms. The first kappa shape index (κ1) is 19.9. The van der Waals surface area contributed by atoms with Crippen LogP contribution in [0, 0.1) is 11.6 Å². The van der Waals surface area contributed by atoms with E-state index in [-0.39, 0.29) is 42.7 Å². The Bertz CT molecular complexity index is 821. The molecule has 1 saturated heterocycles. The monoisotopic (exact) mass is 387 g/mol. The number of hydrogen-bond donors (Lipinski definition) is 1. The molecule has 1 aliphatic rings. The van der Waals surface area contributed by atoms with Gasteiger partial charge in [0.2, 0.25) is 5.91 Å². The first-order chi connectivity index (χ1) is 13.5. The summed E-state index contributed by atoms with van der Waals surface area (Å²) in [6.45, 7) is 3.23. The number of carbonyl (C=O) groups excluding carboxylic acids is 2. The van der Waals surface area contributed by atoms with Gasteiger partial charge in [-0.3, -0.25) is 9.59 Å². The van der Waals surface area contributed by atoms with Crippen molar-refractivity contribution in [3.05, 3.63) is 71.3 Å². The highest BCUT2D eigenvalue weighted by Crippen LogP contribution is 2.13. The van der Waals surface area contributed by atoms with E-state index < -0.39 is 5.82 Å². The van der Waals surface area contributed by atoms with Gasteiger partial charge in [0.15, 0.2) is 0 Å². The quantitative estimate of drug-likeness (QED) is 0.828. The van der Waals surface area contributed by atoms with E-state index in [0.717, 1.165) is 18.7 Å². The molecule has 1 fully saturated rings. The normalized spacial score (nSPS) is 14.0. The molecule has 0 atom stereocenters. The van der Waals surface area contributed by atoms with Crippen molar-refractivity contribution in [2.45, 2.75) is 13.0 Å². The maximum absolute atomic E-state index is 13.5. The smallest absolute Gasteiger partial charge is 0.254 e. The van der Waals surface area contributed by atoms with Crippen molar-refractivity contribution in [1.82, 2.24) is 15.1 Å². The SMILES string of the molecule is O=C(CCN(Cc1ccc(F)cc1)C(=O)c1cccc(F)c1)N1CCNCC1. The zero-order chi connectivity index (χ0) is 19.9. The molecule has 0 aliphatic carbocycles. The van der Waals surface area contributed by atoms with Crippen LogP contribution in [0.25, 0.3) is 0 Å². The van der Waals surface area contributed by atoms with E-state index in [1.807, 2.05) is 0 Å². The Balaban J connectivity index is 1.72. The van der Waals surface area contributed by atoms with E-state index in [0.29, 0.717) is 13.1 Å². The lowest BCUT2D eigenvalue weighted by Crippen LogP contribution is -2.47. The maximum Gasteiger partial charge on any atom is 0.254 e. The van der Waals surface area contributed by atoms with Gasteiger partial charge in [-0.05, 0) is 35.9 Å². The van der Waals surface area contributed by atoms with Crippen LogP contribution in [0.2, 0.25) is 0 Å². The molecule has 0 bridgehead atoms. The predicted octanol–water partition coefficient (Wildman–Crippen LogP) is 2.43. The van der Waals surface area contributed by atoms with Crippen LogP contribution in [0.15, 0.2) is 48.5 Å². The summed E-state index contributed by atoms with van der Waals surface area (Å²) in [5, 5.41) is 3.19. The van der Waals surface area contributed by atoms with Gasteiger partial charge < -0.3 is 15.1 Å². The summed E-state index contributed by atoms with van der Waals surface area (Å²) in [5.74, 6) is -1.24. The Kier molecular flexibility index (Phi) is 6.71. The second-order valence-corrected chi connectivity index (χ2v) is 6.74. The van der Waals surface area contributed by atoms with Gasteiger partial charge >= 0.3 is 0 Å². The van der Waals surface area contributed by atoms with Crippen LogP contribution in [0.5, 0.6) is 0 Å². The molecule has 7 heteroatoms. The maximum atomic E-state index is 13.5. The van der Waals surface area contributed by atoms with E-state index in [2.05, 4.69) is 5.32 Å². The number of rotatable bonds is 6. The third-order valence-corrected chi connectivity index (χ3v) is 4.71. The van der Waals surface area contributed by atoms with Gasteiger partial charge in [-0.15, -0.1) is 0 Å². The lowest BCUT2D eigenvalue weighted by molar-refractivity contribution is -0.132. The number of amides is 2. The highest BCUT2D eigenvalue weighted by Gasteiger charge is 2.21. The van der Waals surface area contributed by atoms with Gasteiger partial charge in [-0.1, -0.05) is 18.2 Å². The minimum atomic E-state index is -0.496. The highest BCUT2D eigenvalue weighted by atomic mass is 19.1. The second kappa shape index (κ2) is 9.41. The molecule has 0 saturated carbocycles. The lowest BCUT2D eigenvalue weighted by Gasteiger charge is -2.29. The summed E-state index contributed by atoms with van der Waals surface area (Å²) in [4.78, 5) is 28.7. The minimum absolute atomic E-state index is 0.0161. The van der Waals surface area contributed by atoms with Crippen LogP contribution in [-0.4, -0.2) is 54.3 Å². The molecular formula is C21H23F2N3O2. The Morgan fingerprint density at radius 1 is 1.00 bits per heavy atom. The number of nitrogens with zero attached hydrogens (tertiary/aromatic N) is 2. The molecule has 0 radical (unpaired) electrons. The fourth-order valence-electron chi connectivity index (χ4n) is 3.17. The van der Waals surface area contributed by atoms with Crippen LogP contribution in [-0.2, 0) is 11.3 Å². The summed E-state index contributed by atoms with van der Waals surface area (Å²) >= 11 is 0. The van der Waals surface area contributed by atoms with Crippen LogP contribution < -0.4 is 5.32 Å². The zero-order valence-corrected chi connectivity index (χ0v) is 15.5. The van der Waals surface area contributed by atoms with E-state index in [1.54, 1.807) is 23.1 Å². The van der Waals surface area contributed by atoms with Crippen LogP contribution >= 0.6 is 0 Å². The first-order valence-corrected chi connectivity index (χ1v) is 9.31. The molecule has 1 N–H and O–H groups in total. The number of hydrogen-bond acceptors (Lipinski definition) is 3. The van der Waals surface area contributed by atoms with Crippen molar-refractivity contribution < 1.29 is 18.4 Å². The average molecular weight is 387 g/mol. The van der Waals surface area contributed by atoms with Crippen molar-refractivity contribution in [3.63, 3.8) is 0 Å². The fraction of sp³-hybridized carbons (Fsp3) is 0.333. The van der Waals surface area contributed by atoms with Crippen molar-refractivity contribution >= 4 is 11.8 Å². The molecule has 2 aromatic rings. The lowest BCUT2D eigenvalue weighted by atomic mass is 10.1. The van der Waals surface area contributed by atoms with E-state index >= 15 is 0 Å². The third kappa shape index (κ3) is 5.36. The average Bonchev–Trinajstić information content (AvgIpc) is 2.72. The zero-order valence-electron chi connectivity index (χ0n) is 15.5. The standard InChI is InChI=1S/C21H23F2N3O2/c22-18-6-4-16(5-7-18)15-26(21(28)17-2-1-3-19(23)14-17)11-8-20(27)25-12-9-24-10-13-25/h1-7,14,24H,8-13,15H2. The van der Waals surface area contributed by atoms with E-state index in [1.165, 1.54) is 35.2 Å².